The standard InChI is InChI=1S/C26H30N4O2/c1-3-19-10-12-22(13-11-19)28-26(32)25(31)27-17-24(23-9-6-15-29(23)2)30-16-14-20-7-4-5-8-21(20)18-30/h4-13,15,24H,3,14,16-18H2,1-2H3,(H,27,31)(H,28,32). The summed E-state index contributed by atoms with van der Waals surface area (Å²) in [6, 6.07) is 20.1. The van der Waals surface area contributed by atoms with Crippen molar-refractivity contribution in [2.45, 2.75) is 32.4 Å². The summed E-state index contributed by atoms with van der Waals surface area (Å²) >= 11 is 0. The van der Waals surface area contributed by atoms with E-state index >= 15 is 0 Å². The summed E-state index contributed by atoms with van der Waals surface area (Å²) in [6.45, 7) is 4.16. The van der Waals surface area contributed by atoms with Crippen molar-refractivity contribution >= 4 is 17.5 Å². The fourth-order valence-corrected chi connectivity index (χ4v) is 4.31. The van der Waals surface area contributed by atoms with Crippen LogP contribution in [-0.4, -0.2) is 34.4 Å². The second-order valence-electron chi connectivity index (χ2n) is 8.26. The van der Waals surface area contributed by atoms with Crippen molar-refractivity contribution in [1.82, 2.24) is 14.8 Å². The SMILES string of the molecule is CCc1ccc(NC(=O)C(=O)NCC(c2cccn2C)N2CCc3ccccc3C2)cc1. The third-order valence-corrected chi connectivity index (χ3v) is 6.21. The number of nitrogens with zero attached hydrogens (tertiary/aromatic N) is 2. The highest BCUT2D eigenvalue weighted by molar-refractivity contribution is 6.39. The molecule has 1 aliphatic heterocycles. The number of aryl methyl sites for hydroxylation is 2. The van der Waals surface area contributed by atoms with Crippen LogP contribution >= 0.6 is 0 Å². The number of carbonyl (C=O) groups excluding carboxylic acids is 2. The summed E-state index contributed by atoms with van der Waals surface area (Å²) < 4.78 is 2.08. The normalized spacial score (nSPS) is 14.4. The molecule has 0 spiro atoms. The predicted octanol–water partition coefficient (Wildman–Crippen LogP) is 3.44. The Morgan fingerprint density at radius 1 is 0.969 bits per heavy atom. The number of nitrogens with one attached hydrogen (secondary N) is 2. The van der Waals surface area contributed by atoms with Gasteiger partial charge in [-0.2, -0.15) is 0 Å². The Labute approximate surface area is 189 Å². The summed E-state index contributed by atoms with van der Waals surface area (Å²) in [6.07, 6.45) is 3.91. The van der Waals surface area contributed by atoms with Crippen molar-refractivity contribution in [1.29, 1.82) is 0 Å². The van der Waals surface area contributed by atoms with Crippen LogP contribution in [0.2, 0.25) is 0 Å². The zero-order chi connectivity index (χ0) is 22.5. The molecule has 2 amide bonds. The van der Waals surface area contributed by atoms with Gasteiger partial charge in [-0.25, -0.2) is 0 Å². The molecule has 0 radical (unpaired) electrons. The number of hydrogen-bond donors (Lipinski definition) is 2. The molecule has 0 bridgehead atoms. The molecule has 166 valence electrons. The zero-order valence-corrected chi connectivity index (χ0v) is 18.7. The Balaban J connectivity index is 1.43. The number of rotatable bonds is 6. The highest BCUT2D eigenvalue weighted by atomic mass is 16.2. The monoisotopic (exact) mass is 430 g/mol. The highest BCUT2D eigenvalue weighted by Gasteiger charge is 2.27. The average molecular weight is 431 g/mol. The van der Waals surface area contributed by atoms with E-state index in [1.807, 2.05) is 43.6 Å². The van der Waals surface area contributed by atoms with Crippen LogP contribution in [0.25, 0.3) is 0 Å². The first-order chi connectivity index (χ1) is 15.5. The second-order valence-corrected chi connectivity index (χ2v) is 8.26. The van der Waals surface area contributed by atoms with Crippen molar-refractivity contribution in [2.24, 2.45) is 7.05 Å². The molecule has 3 aromatic rings. The minimum absolute atomic E-state index is 0.0241. The molecule has 32 heavy (non-hydrogen) atoms. The van der Waals surface area contributed by atoms with Gasteiger partial charge in [0.05, 0.1) is 6.04 Å². The minimum atomic E-state index is -0.649. The molecule has 6 nitrogen and oxygen atoms in total. The Morgan fingerprint density at radius 2 is 1.72 bits per heavy atom. The van der Waals surface area contributed by atoms with Crippen LogP contribution in [0.15, 0.2) is 66.9 Å². The lowest BCUT2D eigenvalue weighted by Crippen LogP contribution is -2.44. The van der Waals surface area contributed by atoms with Gasteiger partial charge in [0.1, 0.15) is 0 Å². The first kappa shape index (κ1) is 21.8. The first-order valence-electron chi connectivity index (χ1n) is 11.2. The quantitative estimate of drug-likeness (QED) is 0.589. The maximum absolute atomic E-state index is 12.6. The van der Waals surface area contributed by atoms with Gasteiger partial charge in [0.15, 0.2) is 0 Å². The fraction of sp³-hybridized carbons (Fsp3) is 0.308. The Hall–Kier alpha value is -3.38. The lowest BCUT2D eigenvalue weighted by atomic mass is 9.98. The van der Waals surface area contributed by atoms with Crippen molar-refractivity contribution in [3.8, 4) is 0 Å². The van der Waals surface area contributed by atoms with Crippen LogP contribution in [-0.2, 0) is 36.0 Å². The summed E-state index contributed by atoms with van der Waals surface area (Å²) in [5.74, 6) is -1.27. The maximum atomic E-state index is 12.6. The van der Waals surface area contributed by atoms with Crippen molar-refractivity contribution < 1.29 is 9.59 Å². The third kappa shape index (κ3) is 4.92. The van der Waals surface area contributed by atoms with Crippen LogP contribution in [0.3, 0.4) is 0 Å². The number of amides is 2. The minimum Gasteiger partial charge on any atom is -0.353 e. The lowest BCUT2D eigenvalue weighted by molar-refractivity contribution is -0.136. The van der Waals surface area contributed by atoms with Gasteiger partial charge >= 0.3 is 11.8 Å². The van der Waals surface area contributed by atoms with E-state index < -0.39 is 11.8 Å². The first-order valence-corrected chi connectivity index (χ1v) is 11.2. The molecule has 1 atom stereocenters. The van der Waals surface area contributed by atoms with Crippen molar-refractivity contribution in [2.75, 3.05) is 18.4 Å². The number of anilines is 1. The molecule has 2 aromatic carbocycles. The van der Waals surface area contributed by atoms with Gasteiger partial charge in [0.2, 0.25) is 0 Å². The zero-order valence-electron chi connectivity index (χ0n) is 18.7. The van der Waals surface area contributed by atoms with Crippen LogP contribution in [0.4, 0.5) is 5.69 Å². The van der Waals surface area contributed by atoms with E-state index in [-0.39, 0.29) is 6.04 Å². The van der Waals surface area contributed by atoms with Gasteiger partial charge in [0.25, 0.3) is 0 Å². The van der Waals surface area contributed by atoms with Crippen molar-refractivity contribution in [3.63, 3.8) is 0 Å². The largest absolute Gasteiger partial charge is 0.353 e. The van der Waals surface area contributed by atoms with E-state index in [1.54, 1.807) is 0 Å². The van der Waals surface area contributed by atoms with E-state index in [4.69, 9.17) is 0 Å². The predicted molar refractivity (Wildman–Crippen MR) is 126 cm³/mol. The smallest absolute Gasteiger partial charge is 0.313 e. The summed E-state index contributed by atoms with van der Waals surface area (Å²) in [5.41, 5.74) is 5.61. The topological polar surface area (TPSA) is 66.4 Å². The molecule has 0 saturated heterocycles. The summed E-state index contributed by atoms with van der Waals surface area (Å²) in [5, 5.41) is 5.54. The van der Waals surface area contributed by atoms with E-state index in [0.717, 1.165) is 31.6 Å². The molecule has 0 aliphatic carbocycles. The van der Waals surface area contributed by atoms with E-state index in [1.165, 1.54) is 16.7 Å². The molecule has 1 aromatic heterocycles. The van der Waals surface area contributed by atoms with Crippen LogP contribution in [0, 0.1) is 0 Å². The van der Waals surface area contributed by atoms with Gasteiger partial charge in [-0.1, -0.05) is 43.3 Å². The fourth-order valence-electron chi connectivity index (χ4n) is 4.31. The van der Waals surface area contributed by atoms with Crippen LogP contribution < -0.4 is 10.6 Å². The van der Waals surface area contributed by atoms with Gasteiger partial charge in [-0.05, 0) is 53.8 Å². The Morgan fingerprint density at radius 3 is 2.41 bits per heavy atom. The third-order valence-electron chi connectivity index (χ3n) is 6.21. The molecule has 2 heterocycles. The van der Waals surface area contributed by atoms with Gasteiger partial charge < -0.3 is 15.2 Å². The van der Waals surface area contributed by atoms with Gasteiger partial charge in [-0.3, -0.25) is 14.5 Å². The van der Waals surface area contributed by atoms with Crippen molar-refractivity contribution in [3.05, 3.63) is 89.2 Å². The molecule has 0 fully saturated rings. The molecule has 2 N–H and O–H groups in total. The molecule has 1 unspecified atom stereocenters. The number of aromatic nitrogens is 1. The number of fused-ring (bicyclic) bond motifs is 1. The van der Waals surface area contributed by atoms with E-state index in [0.29, 0.717) is 12.2 Å². The average Bonchev–Trinajstić information content (AvgIpc) is 3.25. The van der Waals surface area contributed by atoms with E-state index in [2.05, 4.69) is 57.4 Å². The number of benzene rings is 2. The summed E-state index contributed by atoms with van der Waals surface area (Å²) in [7, 11) is 2.01. The van der Waals surface area contributed by atoms with Crippen LogP contribution in [0.1, 0.15) is 35.3 Å². The van der Waals surface area contributed by atoms with E-state index in [9.17, 15) is 9.59 Å². The highest BCUT2D eigenvalue weighted by Crippen LogP contribution is 2.27. The molecule has 0 saturated carbocycles. The molecular formula is C26H30N4O2. The molecule has 4 rings (SSSR count). The number of hydrogen-bond acceptors (Lipinski definition) is 3. The lowest BCUT2D eigenvalue weighted by Gasteiger charge is -2.36. The Bertz CT molecular complexity index is 1090. The molecule has 6 heteroatoms. The summed E-state index contributed by atoms with van der Waals surface area (Å²) in [4.78, 5) is 27.4. The van der Waals surface area contributed by atoms with Crippen LogP contribution in [0.5, 0.6) is 0 Å². The molecule has 1 aliphatic rings. The molecular weight excluding hydrogens is 400 g/mol. The van der Waals surface area contributed by atoms with Gasteiger partial charge in [-0.15, -0.1) is 0 Å². The number of carbonyl (C=O) groups is 2. The second kappa shape index (κ2) is 9.83. The maximum Gasteiger partial charge on any atom is 0.313 e. The Kier molecular flexibility index (Phi) is 6.71. The van der Waals surface area contributed by atoms with Gasteiger partial charge in [0, 0.05) is 44.3 Å².